The Morgan fingerprint density at radius 3 is 2.24 bits per heavy atom. The van der Waals surface area contributed by atoms with Crippen molar-refractivity contribution in [1.82, 2.24) is 9.55 Å². The number of nitrogens with two attached hydrogens (primary N) is 1. The second-order valence-corrected chi connectivity index (χ2v) is 8.83. The number of carbonyl (C=O) groups excluding carboxylic acids is 1. The molecule has 37 heavy (non-hydrogen) atoms. The number of hydrogen-bond donors (Lipinski definition) is 2. The second-order valence-electron chi connectivity index (χ2n) is 8.83. The number of aromatic nitrogens is 2. The van der Waals surface area contributed by atoms with Gasteiger partial charge in [0.15, 0.2) is 5.69 Å². The second kappa shape index (κ2) is 11.4. The number of benzene rings is 3. The first kappa shape index (κ1) is 25.5. The van der Waals surface area contributed by atoms with Crippen LogP contribution in [0.2, 0.25) is 0 Å². The van der Waals surface area contributed by atoms with Gasteiger partial charge in [-0.1, -0.05) is 72.8 Å². The van der Waals surface area contributed by atoms with Crippen molar-refractivity contribution >= 4 is 17.4 Å². The van der Waals surface area contributed by atoms with Gasteiger partial charge in [0.25, 0.3) is 5.56 Å². The molecule has 0 saturated carbocycles. The van der Waals surface area contributed by atoms with Gasteiger partial charge in [0.2, 0.25) is 5.91 Å². The molecular formula is C29H30N4O4. The van der Waals surface area contributed by atoms with Gasteiger partial charge in [-0.25, -0.2) is 4.79 Å². The molecule has 0 fully saturated rings. The number of nitrogens with one attached hydrogen (secondary N) is 1. The summed E-state index contributed by atoms with van der Waals surface area (Å²) in [4.78, 5) is 42.8. The topological polar surface area (TPSA) is 110 Å². The lowest BCUT2D eigenvalue weighted by molar-refractivity contribution is -0.119. The molecule has 1 amide bonds. The molecule has 1 heterocycles. The summed E-state index contributed by atoms with van der Waals surface area (Å²) >= 11 is 0. The van der Waals surface area contributed by atoms with Crippen LogP contribution in [0.4, 0.5) is 11.5 Å². The zero-order valence-electron chi connectivity index (χ0n) is 20.9. The fourth-order valence-electron chi connectivity index (χ4n) is 4.08. The third-order valence-corrected chi connectivity index (χ3v) is 6.28. The number of aryl methyl sites for hydroxylation is 1. The number of amides is 1. The SMILES string of the molecule is Cc1cccc(OCCC(=O)N(Cc2ccccc2)c2c(N)n(Cc3ccccc3)c(=O)[nH]c2=O)c1C. The first-order chi connectivity index (χ1) is 17.8. The van der Waals surface area contributed by atoms with Crippen LogP contribution in [0.15, 0.2) is 88.5 Å². The van der Waals surface area contributed by atoms with E-state index in [4.69, 9.17) is 10.5 Å². The van der Waals surface area contributed by atoms with Gasteiger partial charge < -0.3 is 10.5 Å². The lowest BCUT2D eigenvalue weighted by Crippen LogP contribution is -2.41. The molecule has 0 aliphatic carbocycles. The van der Waals surface area contributed by atoms with Crippen molar-refractivity contribution in [3.05, 3.63) is 122 Å². The van der Waals surface area contributed by atoms with Crippen LogP contribution in [0.5, 0.6) is 5.75 Å². The van der Waals surface area contributed by atoms with Crippen molar-refractivity contribution in [2.75, 3.05) is 17.2 Å². The fraction of sp³-hybridized carbons (Fsp3) is 0.207. The molecule has 0 aliphatic rings. The van der Waals surface area contributed by atoms with Crippen molar-refractivity contribution in [2.45, 2.75) is 33.4 Å². The number of ether oxygens (including phenoxy) is 1. The molecule has 0 aliphatic heterocycles. The summed E-state index contributed by atoms with van der Waals surface area (Å²) in [6.07, 6.45) is 0.0108. The minimum Gasteiger partial charge on any atom is -0.493 e. The summed E-state index contributed by atoms with van der Waals surface area (Å²) < 4.78 is 7.15. The van der Waals surface area contributed by atoms with Crippen molar-refractivity contribution in [2.24, 2.45) is 0 Å². The Balaban J connectivity index is 1.66. The van der Waals surface area contributed by atoms with E-state index in [-0.39, 0.29) is 43.5 Å². The highest BCUT2D eigenvalue weighted by Crippen LogP contribution is 2.23. The average molecular weight is 499 g/mol. The van der Waals surface area contributed by atoms with Crippen LogP contribution in [0.3, 0.4) is 0 Å². The molecule has 4 aromatic rings. The Morgan fingerprint density at radius 1 is 0.919 bits per heavy atom. The monoisotopic (exact) mass is 498 g/mol. The summed E-state index contributed by atoms with van der Waals surface area (Å²) in [6, 6.07) is 24.3. The quantitative estimate of drug-likeness (QED) is 0.365. The zero-order valence-corrected chi connectivity index (χ0v) is 20.9. The number of carbonyl (C=O) groups is 1. The van der Waals surface area contributed by atoms with Crippen molar-refractivity contribution in [3.8, 4) is 5.75 Å². The summed E-state index contributed by atoms with van der Waals surface area (Å²) in [6.45, 7) is 4.34. The highest BCUT2D eigenvalue weighted by molar-refractivity contribution is 5.95. The van der Waals surface area contributed by atoms with Crippen LogP contribution < -0.4 is 26.6 Å². The molecule has 0 radical (unpaired) electrons. The van der Waals surface area contributed by atoms with Gasteiger partial charge in [0.05, 0.1) is 26.1 Å². The van der Waals surface area contributed by atoms with Gasteiger partial charge in [-0.05, 0) is 42.2 Å². The lowest BCUT2D eigenvalue weighted by atomic mass is 10.1. The maximum Gasteiger partial charge on any atom is 0.330 e. The Hall–Kier alpha value is -4.59. The molecule has 0 spiro atoms. The van der Waals surface area contributed by atoms with Gasteiger partial charge in [0, 0.05) is 0 Å². The molecule has 0 bridgehead atoms. The van der Waals surface area contributed by atoms with E-state index < -0.39 is 11.2 Å². The third kappa shape index (κ3) is 5.98. The fourth-order valence-corrected chi connectivity index (χ4v) is 4.08. The van der Waals surface area contributed by atoms with Crippen LogP contribution in [-0.2, 0) is 17.9 Å². The number of H-pyrrole nitrogens is 1. The highest BCUT2D eigenvalue weighted by Gasteiger charge is 2.25. The van der Waals surface area contributed by atoms with E-state index in [0.717, 1.165) is 22.3 Å². The maximum absolute atomic E-state index is 13.5. The predicted octanol–water partition coefficient (Wildman–Crippen LogP) is 3.79. The third-order valence-electron chi connectivity index (χ3n) is 6.28. The van der Waals surface area contributed by atoms with E-state index in [1.54, 1.807) is 0 Å². The molecule has 3 aromatic carbocycles. The normalized spacial score (nSPS) is 10.8. The minimum atomic E-state index is -0.716. The van der Waals surface area contributed by atoms with Gasteiger partial charge >= 0.3 is 5.69 Å². The van der Waals surface area contributed by atoms with E-state index in [0.29, 0.717) is 5.75 Å². The summed E-state index contributed by atoms with van der Waals surface area (Å²) in [7, 11) is 0. The average Bonchev–Trinajstić information content (AvgIpc) is 2.89. The van der Waals surface area contributed by atoms with E-state index in [1.807, 2.05) is 92.7 Å². The van der Waals surface area contributed by atoms with Gasteiger partial charge in [-0.15, -0.1) is 0 Å². The Kier molecular flexibility index (Phi) is 7.88. The molecule has 0 unspecified atom stereocenters. The highest BCUT2D eigenvalue weighted by atomic mass is 16.5. The van der Waals surface area contributed by atoms with Gasteiger partial charge in [0.1, 0.15) is 11.6 Å². The molecule has 1 aromatic heterocycles. The van der Waals surface area contributed by atoms with Crippen LogP contribution in [0.25, 0.3) is 0 Å². The molecule has 3 N–H and O–H groups in total. The molecular weight excluding hydrogens is 468 g/mol. The first-order valence-electron chi connectivity index (χ1n) is 12.0. The molecule has 8 nitrogen and oxygen atoms in total. The van der Waals surface area contributed by atoms with Crippen LogP contribution in [0.1, 0.15) is 28.7 Å². The standard InChI is InChI=1S/C29H30N4O4/c1-20-10-9-15-24(21(20)2)37-17-16-25(34)32(18-22-11-5-3-6-12-22)26-27(30)33(29(36)31-28(26)35)19-23-13-7-4-8-14-23/h3-15H,16-19,30H2,1-2H3,(H,31,35,36). The van der Waals surface area contributed by atoms with Crippen molar-refractivity contribution in [3.63, 3.8) is 0 Å². The summed E-state index contributed by atoms with van der Waals surface area (Å²) in [5.41, 5.74) is 8.72. The Morgan fingerprint density at radius 2 is 1.57 bits per heavy atom. The van der Waals surface area contributed by atoms with Crippen LogP contribution in [-0.4, -0.2) is 22.1 Å². The predicted molar refractivity (Wildman–Crippen MR) is 145 cm³/mol. The number of aromatic amines is 1. The maximum atomic E-state index is 13.5. The van der Waals surface area contributed by atoms with Gasteiger partial charge in [-0.2, -0.15) is 0 Å². The number of hydrogen-bond acceptors (Lipinski definition) is 5. The van der Waals surface area contributed by atoms with Crippen LogP contribution >= 0.6 is 0 Å². The molecule has 8 heteroatoms. The molecule has 4 rings (SSSR count). The van der Waals surface area contributed by atoms with E-state index in [1.165, 1.54) is 9.47 Å². The van der Waals surface area contributed by atoms with E-state index in [9.17, 15) is 14.4 Å². The molecule has 0 atom stereocenters. The number of nitrogen functional groups attached to an aromatic ring is 1. The Bertz CT molecular complexity index is 1490. The van der Waals surface area contributed by atoms with Crippen molar-refractivity contribution in [1.29, 1.82) is 0 Å². The largest absolute Gasteiger partial charge is 0.493 e. The zero-order chi connectivity index (χ0) is 26.4. The number of nitrogens with zero attached hydrogens (tertiary/aromatic N) is 2. The van der Waals surface area contributed by atoms with E-state index >= 15 is 0 Å². The summed E-state index contributed by atoms with van der Waals surface area (Å²) in [5.74, 6) is 0.282. The van der Waals surface area contributed by atoms with Crippen molar-refractivity contribution < 1.29 is 9.53 Å². The molecule has 0 saturated heterocycles. The smallest absolute Gasteiger partial charge is 0.330 e. The summed E-state index contributed by atoms with van der Waals surface area (Å²) in [5, 5.41) is 0. The minimum absolute atomic E-state index is 0.0108. The van der Waals surface area contributed by atoms with E-state index in [2.05, 4.69) is 4.98 Å². The Labute approximate surface area is 215 Å². The first-order valence-corrected chi connectivity index (χ1v) is 12.0. The number of rotatable bonds is 9. The molecule has 190 valence electrons. The van der Waals surface area contributed by atoms with Gasteiger partial charge in [-0.3, -0.25) is 24.0 Å². The van der Waals surface area contributed by atoms with Crippen LogP contribution in [0, 0.1) is 13.8 Å². The number of anilines is 2. The lowest BCUT2D eigenvalue weighted by Gasteiger charge is -2.25.